The lowest BCUT2D eigenvalue weighted by molar-refractivity contribution is -0.379. The summed E-state index contributed by atoms with van der Waals surface area (Å²) >= 11 is 0. The van der Waals surface area contributed by atoms with Crippen molar-refractivity contribution in [2.75, 3.05) is 26.4 Å². The fourth-order valence-electron chi connectivity index (χ4n) is 10.7. The Bertz CT molecular complexity index is 1680. The van der Waals surface area contributed by atoms with Gasteiger partial charge in [-0.2, -0.15) is 0 Å². The molecule has 19 nitrogen and oxygen atoms in total. The highest BCUT2D eigenvalue weighted by atomic mass is 16.8. The van der Waals surface area contributed by atoms with Crippen molar-refractivity contribution in [2.45, 2.75) is 317 Å². The van der Waals surface area contributed by atoms with Crippen LogP contribution in [0.15, 0.2) is 48.6 Å². The minimum atomic E-state index is -1.98. The molecule has 12 N–H and O–H groups in total. The molecule has 0 radical (unpaired) electrons. The molecule has 0 aromatic carbocycles. The largest absolute Gasteiger partial charge is 0.394 e. The van der Waals surface area contributed by atoms with E-state index in [-0.39, 0.29) is 18.9 Å². The summed E-state index contributed by atoms with van der Waals surface area (Å²) in [4.78, 5) is 13.3. The van der Waals surface area contributed by atoms with Gasteiger partial charge in [-0.1, -0.05) is 204 Å². The first kappa shape index (κ1) is 74.0. The zero-order valence-corrected chi connectivity index (χ0v) is 50.0. The number of nitrogens with one attached hydrogen (secondary N) is 1. The Balaban J connectivity index is 1.46. The molecule has 3 rings (SSSR count). The SMILES string of the molecule is CC/C=C\C/C=C\C/C=C\CCCCCC(=O)NC(COC1OC(CO)C(OC2OC(CO)C(OC3OC(CO)C(O)C(O)C3O)C(O)C2O)C(O)C1O)C(O)/C=C/CCCCCCCCCCCCCCCCCCCCCCCC. The molecule has 3 aliphatic rings. The lowest BCUT2D eigenvalue weighted by atomic mass is 9.96. The molecule has 3 heterocycles. The maximum Gasteiger partial charge on any atom is 0.220 e. The molecule has 0 aliphatic carbocycles. The van der Waals surface area contributed by atoms with E-state index in [0.717, 1.165) is 64.2 Å². The van der Waals surface area contributed by atoms with Crippen molar-refractivity contribution in [3.8, 4) is 0 Å². The third kappa shape index (κ3) is 29.0. The Morgan fingerprint density at radius 3 is 1.32 bits per heavy atom. The average Bonchev–Trinajstić information content (AvgIpc) is 3.42. The predicted molar refractivity (Wildman–Crippen MR) is 314 cm³/mol. The van der Waals surface area contributed by atoms with Crippen LogP contribution in [-0.2, 0) is 33.2 Å². The molecule has 3 aliphatic heterocycles. The van der Waals surface area contributed by atoms with Crippen LogP contribution in [0, 0.1) is 0 Å². The second-order valence-electron chi connectivity index (χ2n) is 22.8. The van der Waals surface area contributed by atoms with Crippen LogP contribution in [0.5, 0.6) is 0 Å². The number of hydrogen-bond donors (Lipinski definition) is 12. The van der Waals surface area contributed by atoms with Gasteiger partial charge in [0.1, 0.15) is 73.2 Å². The van der Waals surface area contributed by atoms with Gasteiger partial charge in [0.25, 0.3) is 0 Å². The third-order valence-corrected chi connectivity index (χ3v) is 15.9. The molecule has 0 saturated carbocycles. The minimum absolute atomic E-state index is 0.207. The quantitative estimate of drug-likeness (QED) is 0.0224. The first-order valence-corrected chi connectivity index (χ1v) is 31.9. The van der Waals surface area contributed by atoms with Gasteiger partial charge in [-0.25, -0.2) is 0 Å². The number of carbonyl (C=O) groups excluding carboxylic acids is 1. The van der Waals surface area contributed by atoms with Gasteiger partial charge in [0.15, 0.2) is 18.9 Å². The predicted octanol–water partition coefficient (Wildman–Crippen LogP) is 6.65. The van der Waals surface area contributed by atoms with E-state index in [2.05, 4.69) is 55.6 Å². The smallest absolute Gasteiger partial charge is 0.220 e. The van der Waals surface area contributed by atoms with Gasteiger partial charge >= 0.3 is 0 Å². The van der Waals surface area contributed by atoms with Crippen molar-refractivity contribution in [1.82, 2.24) is 5.32 Å². The van der Waals surface area contributed by atoms with E-state index in [1.807, 2.05) is 6.08 Å². The molecule has 0 aromatic heterocycles. The molecule has 19 heteroatoms. The zero-order valence-electron chi connectivity index (χ0n) is 50.0. The summed E-state index contributed by atoms with van der Waals surface area (Å²) in [6.45, 7) is 1.59. The van der Waals surface area contributed by atoms with E-state index in [0.29, 0.717) is 6.42 Å². The highest BCUT2D eigenvalue weighted by Crippen LogP contribution is 2.33. The van der Waals surface area contributed by atoms with Crippen molar-refractivity contribution >= 4 is 5.91 Å². The Kier molecular flexibility index (Phi) is 41.5. The topological polar surface area (TPSA) is 307 Å². The van der Waals surface area contributed by atoms with Crippen LogP contribution < -0.4 is 5.32 Å². The molecule has 3 saturated heterocycles. The van der Waals surface area contributed by atoms with Crippen LogP contribution in [0.2, 0.25) is 0 Å². The number of allylic oxidation sites excluding steroid dienone is 7. The fourth-order valence-corrected chi connectivity index (χ4v) is 10.7. The summed E-state index contributed by atoms with van der Waals surface area (Å²) in [5, 5.41) is 120. The highest BCUT2D eigenvalue weighted by molar-refractivity contribution is 5.76. The molecular weight excluding hydrogens is 1060 g/mol. The molecular formula is C63H113NO18. The van der Waals surface area contributed by atoms with E-state index in [9.17, 15) is 61.0 Å². The van der Waals surface area contributed by atoms with Gasteiger partial charge < -0.3 is 89.9 Å². The molecule has 0 spiro atoms. The standard InChI is InChI=1S/C63H113NO18/c1-3-5-7-9-11-13-15-17-18-19-20-21-22-23-24-25-26-27-29-30-32-34-36-38-40-47(68)46(64-51(69)41-39-37-35-33-31-28-16-14-12-10-8-6-4-2)45-77-61-57(75)54(72)59(49(43-66)79-61)82-63-58(76)55(73)60(50(44-67)80-63)81-62-56(74)53(71)52(70)48(42-65)78-62/h6,8,12,14,28,31,38,40,46-50,52-63,65-68,70-76H,3-5,7,9-11,13,15-27,29-30,32-37,39,41-45H2,1-2H3,(H,64,69)/b8-6-,14-12-,31-28-,40-38+. The van der Waals surface area contributed by atoms with Gasteiger partial charge in [-0.05, 0) is 51.4 Å². The lowest BCUT2D eigenvalue weighted by Gasteiger charge is -2.48. The maximum absolute atomic E-state index is 13.3. The number of carbonyl (C=O) groups is 1. The number of rotatable bonds is 47. The Hall–Kier alpha value is -2.25. The number of amides is 1. The Morgan fingerprint density at radius 1 is 0.451 bits per heavy atom. The summed E-state index contributed by atoms with van der Waals surface area (Å²) < 4.78 is 34.2. The van der Waals surface area contributed by atoms with Gasteiger partial charge in [-0.3, -0.25) is 4.79 Å². The van der Waals surface area contributed by atoms with Crippen LogP contribution in [0.3, 0.4) is 0 Å². The van der Waals surface area contributed by atoms with Crippen molar-refractivity contribution in [3.63, 3.8) is 0 Å². The van der Waals surface area contributed by atoms with Gasteiger partial charge in [0, 0.05) is 6.42 Å². The van der Waals surface area contributed by atoms with E-state index in [4.69, 9.17) is 28.4 Å². The first-order chi connectivity index (χ1) is 39.8. The summed E-state index contributed by atoms with van der Waals surface area (Å²) in [5.41, 5.74) is 0. The fraction of sp³-hybridized carbons (Fsp3) is 0.857. The summed E-state index contributed by atoms with van der Waals surface area (Å²) in [6, 6.07) is -0.989. The average molecular weight is 1170 g/mol. The summed E-state index contributed by atoms with van der Waals surface area (Å²) in [5.74, 6) is -0.305. The Morgan fingerprint density at radius 2 is 0.841 bits per heavy atom. The maximum atomic E-state index is 13.3. The molecule has 1 amide bonds. The molecule has 82 heavy (non-hydrogen) atoms. The minimum Gasteiger partial charge on any atom is -0.394 e. The number of unbranched alkanes of at least 4 members (excludes halogenated alkanes) is 25. The molecule has 17 atom stereocenters. The monoisotopic (exact) mass is 1170 g/mol. The molecule has 478 valence electrons. The van der Waals surface area contributed by atoms with Crippen LogP contribution in [0.1, 0.15) is 213 Å². The third-order valence-electron chi connectivity index (χ3n) is 15.9. The van der Waals surface area contributed by atoms with E-state index in [1.54, 1.807) is 6.08 Å². The van der Waals surface area contributed by atoms with E-state index in [1.165, 1.54) is 122 Å². The zero-order chi connectivity index (χ0) is 59.7. The van der Waals surface area contributed by atoms with Crippen molar-refractivity contribution in [2.24, 2.45) is 0 Å². The second kappa shape index (κ2) is 46.0. The Labute approximate surface area is 491 Å². The molecule has 0 aromatic rings. The number of ether oxygens (including phenoxy) is 6. The molecule has 3 fully saturated rings. The van der Waals surface area contributed by atoms with Gasteiger partial charge in [0.05, 0.1) is 38.6 Å². The number of aliphatic hydroxyl groups excluding tert-OH is 11. The second-order valence-corrected chi connectivity index (χ2v) is 22.8. The molecule has 0 bridgehead atoms. The van der Waals surface area contributed by atoms with Crippen molar-refractivity contribution < 1.29 is 89.4 Å². The lowest BCUT2D eigenvalue weighted by Crippen LogP contribution is -2.66. The van der Waals surface area contributed by atoms with E-state index >= 15 is 0 Å². The van der Waals surface area contributed by atoms with Gasteiger partial charge in [-0.15, -0.1) is 0 Å². The van der Waals surface area contributed by atoms with Gasteiger partial charge in [0.2, 0.25) is 5.91 Å². The highest BCUT2D eigenvalue weighted by Gasteiger charge is 2.53. The van der Waals surface area contributed by atoms with Crippen LogP contribution >= 0.6 is 0 Å². The van der Waals surface area contributed by atoms with Crippen LogP contribution in [0.4, 0.5) is 0 Å². The van der Waals surface area contributed by atoms with Crippen LogP contribution in [0.25, 0.3) is 0 Å². The van der Waals surface area contributed by atoms with Crippen molar-refractivity contribution in [1.29, 1.82) is 0 Å². The summed E-state index contributed by atoms with van der Waals surface area (Å²) in [7, 11) is 0. The number of hydrogen-bond acceptors (Lipinski definition) is 18. The van der Waals surface area contributed by atoms with Crippen LogP contribution in [-0.4, -0.2) is 193 Å². The number of aliphatic hydroxyl groups is 11. The normalized spacial score (nSPS) is 29.9. The first-order valence-electron chi connectivity index (χ1n) is 31.9. The van der Waals surface area contributed by atoms with E-state index < -0.39 is 124 Å². The molecule has 17 unspecified atom stereocenters. The van der Waals surface area contributed by atoms with Crippen molar-refractivity contribution in [3.05, 3.63) is 48.6 Å². The summed E-state index contributed by atoms with van der Waals surface area (Å²) in [6.07, 6.45) is 25.3.